The highest BCUT2D eigenvalue weighted by atomic mass is 15.3. The van der Waals surface area contributed by atoms with Crippen LogP contribution in [0.1, 0.15) is 16.7 Å². The Hall–Kier alpha value is -2.55. The summed E-state index contributed by atoms with van der Waals surface area (Å²) in [5, 5.41) is 4.53. The minimum Gasteiger partial charge on any atom is -0.374 e. The van der Waals surface area contributed by atoms with Gasteiger partial charge in [-0.15, -0.1) is 0 Å². The maximum Gasteiger partial charge on any atom is 0.0649 e. The molecule has 0 radical (unpaired) electrons. The molecule has 2 heterocycles. The average Bonchev–Trinajstić information content (AvgIpc) is 3.15. The molecule has 22 heavy (non-hydrogen) atoms. The van der Waals surface area contributed by atoms with Gasteiger partial charge in [0.25, 0.3) is 0 Å². The number of benzene rings is 2. The molecule has 1 aliphatic rings. The van der Waals surface area contributed by atoms with E-state index in [2.05, 4.69) is 71.8 Å². The van der Waals surface area contributed by atoms with Gasteiger partial charge in [-0.25, -0.2) is 4.68 Å². The minimum absolute atomic E-state index is 0.925. The molecule has 1 aliphatic heterocycles. The molecule has 110 valence electrons. The van der Waals surface area contributed by atoms with Crippen molar-refractivity contribution in [3.8, 4) is 5.69 Å². The van der Waals surface area contributed by atoms with Gasteiger partial charge < -0.3 is 4.90 Å². The third-order valence-corrected chi connectivity index (χ3v) is 4.34. The molecule has 0 saturated heterocycles. The summed E-state index contributed by atoms with van der Waals surface area (Å²) in [6.45, 7) is 1.11. The Morgan fingerprint density at radius 1 is 1.05 bits per heavy atom. The number of anilines is 1. The Morgan fingerprint density at radius 3 is 2.77 bits per heavy atom. The number of nitrogens with zero attached hydrogens (tertiary/aromatic N) is 3. The van der Waals surface area contributed by atoms with E-state index in [1.54, 1.807) is 0 Å². The number of fused-ring (bicyclic) bond motifs is 1. The molecule has 1 aromatic heterocycles. The maximum atomic E-state index is 4.53. The zero-order chi connectivity index (χ0) is 14.9. The van der Waals surface area contributed by atoms with Crippen LogP contribution in [0, 0.1) is 0 Å². The van der Waals surface area contributed by atoms with E-state index in [1.165, 1.54) is 22.4 Å². The lowest BCUT2D eigenvalue weighted by atomic mass is 10.1. The average molecular weight is 289 g/mol. The van der Waals surface area contributed by atoms with Crippen molar-refractivity contribution in [1.82, 2.24) is 9.78 Å². The van der Waals surface area contributed by atoms with E-state index in [-0.39, 0.29) is 0 Å². The van der Waals surface area contributed by atoms with Crippen LogP contribution in [0.15, 0.2) is 60.9 Å². The van der Waals surface area contributed by atoms with Gasteiger partial charge in [0.1, 0.15) is 0 Å². The normalized spacial score (nSPS) is 13.4. The van der Waals surface area contributed by atoms with Crippen LogP contribution >= 0.6 is 0 Å². The molecule has 0 unspecified atom stereocenters. The van der Waals surface area contributed by atoms with E-state index in [0.717, 1.165) is 25.1 Å². The van der Waals surface area contributed by atoms with Gasteiger partial charge in [-0.3, -0.25) is 0 Å². The van der Waals surface area contributed by atoms with Gasteiger partial charge in [0.15, 0.2) is 0 Å². The molecular weight excluding hydrogens is 270 g/mol. The second-order valence-electron chi connectivity index (χ2n) is 5.94. The van der Waals surface area contributed by atoms with Crippen molar-refractivity contribution in [1.29, 1.82) is 0 Å². The van der Waals surface area contributed by atoms with Gasteiger partial charge in [0.05, 0.1) is 11.9 Å². The molecule has 0 atom stereocenters. The highest BCUT2D eigenvalue weighted by Gasteiger charge is 2.16. The lowest BCUT2D eigenvalue weighted by molar-refractivity contribution is 0.878. The largest absolute Gasteiger partial charge is 0.374 e. The summed E-state index contributed by atoms with van der Waals surface area (Å²) in [4.78, 5) is 2.31. The van der Waals surface area contributed by atoms with Crippen LogP contribution in [0.3, 0.4) is 0 Å². The molecule has 0 N–H and O–H groups in total. The summed E-state index contributed by atoms with van der Waals surface area (Å²) in [6.07, 6.45) is 6.14. The first-order valence-electron chi connectivity index (χ1n) is 7.71. The quantitative estimate of drug-likeness (QED) is 0.736. The molecule has 0 saturated carbocycles. The first-order valence-corrected chi connectivity index (χ1v) is 7.71. The van der Waals surface area contributed by atoms with Crippen LogP contribution in [0.5, 0.6) is 0 Å². The summed E-state index contributed by atoms with van der Waals surface area (Å²) < 4.78 is 1.98. The predicted octanol–water partition coefficient (Wildman–Crippen LogP) is 3.46. The standard InChI is InChI=1S/C19H19N3/c1-21-10-9-17-12-18(7-8-19(17)21)22-14-16(13-20-22)11-15-5-3-2-4-6-15/h2-8,12-14H,9-11H2,1H3. The van der Waals surface area contributed by atoms with Gasteiger partial charge >= 0.3 is 0 Å². The van der Waals surface area contributed by atoms with E-state index in [9.17, 15) is 0 Å². The van der Waals surface area contributed by atoms with Gasteiger partial charge in [-0.2, -0.15) is 5.10 Å². The first-order chi connectivity index (χ1) is 10.8. The zero-order valence-electron chi connectivity index (χ0n) is 12.7. The van der Waals surface area contributed by atoms with E-state index >= 15 is 0 Å². The Morgan fingerprint density at radius 2 is 1.91 bits per heavy atom. The topological polar surface area (TPSA) is 21.1 Å². The van der Waals surface area contributed by atoms with E-state index in [4.69, 9.17) is 0 Å². The smallest absolute Gasteiger partial charge is 0.0649 e. The van der Waals surface area contributed by atoms with Crippen molar-refractivity contribution in [2.75, 3.05) is 18.5 Å². The third-order valence-electron chi connectivity index (χ3n) is 4.34. The fourth-order valence-corrected chi connectivity index (χ4v) is 3.12. The molecule has 3 nitrogen and oxygen atoms in total. The Labute approximate surface area is 130 Å². The fourth-order valence-electron chi connectivity index (χ4n) is 3.12. The van der Waals surface area contributed by atoms with E-state index in [1.807, 2.05) is 10.9 Å². The second-order valence-corrected chi connectivity index (χ2v) is 5.94. The molecule has 3 aromatic rings. The number of hydrogen-bond acceptors (Lipinski definition) is 2. The lowest BCUT2D eigenvalue weighted by Crippen LogP contribution is -2.12. The molecule has 0 amide bonds. The molecule has 0 aliphatic carbocycles. The van der Waals surface area contributed by atoms with Crippen LogP contribution in [0.2, 0.25) is 0 Å². The number of likely N-dealkylation sites (N-methyl/N-ethyl adjacent to an activating group) is 1. The maximum absolute atomic E-state index is 4.53. The van der Waals surface area contributed by atoms with Gasteiger partial charge in [0, 0.05) is 31.9 Å². The third kappa shape index (κ3) is 2.39. The molecule has 0 bridgehead atoms. The van der Waals surface area contributed by atoms with Gasteiger partial charge in [-0.1, -0.05) is 30.3 Å². The molecule has 0 spiro atoms. The minimum atomic E-state index is 0.925. The van der Waals surface area contributed by atoms with Crippen molar-refractivity contribution < 1.29 is 0 Å². The Kier molecular flexibility index (Phi) is 3.19. The number of aromatic nitrogens is 2. The highest BCUT2D eigenvalue weighted by Crippen LogP contribution is 2.28. The van der Waals surface area contributed by atoms with Gasteiger partial charge in [-0.05, 0) is 41.3 Å². The Balaban J connectivity index is 1.59. The second kappa shape index (κ2) is 5.34. The summed E-state index contributed by atoms with van der Waals surface area (Å²) in [5.41, 5.74) is 6.47. The van der Waals surface area contributed by atoms with Crippen LogP contribution < -0.4 is 4.90 Å². The molecule has 2 aromatic carbocycles. The molecule has 0 fully saturated rings. The molecule has 3 heteroatoms. The summed E-state index contributed by atoms with van der Waals surface area (Å²) >= 11 is 0. The summed E-state index contributed by atoms with van der Waals surface area (Å²) in [7, 11) is 2.15. The van der Waals surface area contributed by atoms with E-state index in [0.29, 0.717) is 0 Å². The fraction of sp³-hybridized carbons (Fsp3) is 0.211. The predicted molar refractivity (Wildman–Crippen MR) is 89.8 cm³/mol. The monoisotopic (exact) mass is 289 g/mol. The first kappa shape index (κ1) is 13.1. The van der Waals surface area contributed by atoms with Crippen LogP contribution in [-0.2, 0) is 12.8 Å². The van der Waals surface area contributed by atoms with Crippen molar-refractivity contribution in [2.45, 2.75) is 12.8 Å². The summed E-state index contributed by atoms with van der Waals surface area (Å²) in [6, 6.07) is 17.1. The zero-order valence-corrected chi connectivity index (χ0v) is 12.7. The SMILES string of the molecule is CN1CCc2cc(-n3cc(Cc4ccccc4)cn3)ccc21. The van der Waals surface area contributed by atoms with Gasteiger partial charge in [0.2, 0.25) is 0 Å². The number of hydrogen-bond donors (Lipinski definition) is 0. The van der Waals surface area contributed by atoms with Crippen molar-refractivity contribution in [3.63, 3.8) is 0 Å². The van der Waals surface area contributed by atoms with Crippen LogP contribution in [0.4, 0.5) is 5.69 Å². The lowest BCUT2D eigenvalue weighted by Gasteiger charge is -2.12. The molecule has 4 rings (SSSR count). The highest BCUT2D eigenvalue weighted by molar-refractivity contribution is 5.60. The Bertz CT molecular complexity index is 789. The van der Waals surface area contributed by atoms with Crippen LogP contribution in [-0.4, -0.2) is 23.4 Å². The van der Waals surface area contributed by atoms with Crippen molar-refractivity contribution >= 4 is 5.69 Å². The summed E-state index contributed by atoms with van der Waals surface area (Å²) in [5.74, 6) is 0. The van der Waals surface area contributed by atoms with Crippen LogP contribution in [0.25, 0.3) is 5.69 Å². The van der Waals surface area contributed by atoms with Crippen molar-refractivity contribution in [2.24, 2.45) is 0 Å². The van der Waals surface area contributed by atoms with Crippen molar-refractivity contribution in [3.05, 3.63) is 77.6 Å². The number of rotatable bonds is 3. The van der Waals surface area contributed by atoms with E-state index < -0.39 is 0 Å². The molecular formula is C19H19N3.